The maximum atomic E-state index is 5.94. The standard InChI is InChI=1S/C12H15N3/c1-3-15-8-11(9(2)14-15)10-6-4-5-7-12(10)13/h4-8H,3,13H2,1-2H3. The lowest BCUT2D eigenvalue weighted by Gasteiger charge is -2.02. The molecule has 0 aliphatic rings. The predicted molar refractivity (Wildman–Crippen MR) is 62.5 cm³/mol. The third-order valence-electron chi connectivity index (χ3n) is 2.52. The molecule has 2 rings (SSSR count). The van der Waals surface area contributed by atoms with Crippen LogP contribution in [0.1, 0.15) is 12.6 Å². The van der Waals surface area contributed by atoms with Gasteiger partial charge >= 0.3 is 0 Å². The number of para-hydroxylation sites is 1. The van der Waals surface area contributed by atoms with Crippen LogP contribution in [0.5, 0.6) is 0 Å². The summed E-state index contributed by atoms with van der Waals surface area (Å²) in [6, 6.07) is 7.88. The maximum absolute atomic E-state index is 5.94. The van der Waals surface area contributed by atoms with Crippen molar-refractivity contribution in [3.8, 4) is 11.1 Å². The zero-order valence-corrected chi connectivity index (χ0v) is 9.07. The van der Waals surface area contributed by atoms with Crippen molar-refractivity contribution in [3.05, 3.63) is 36.2 Å². The van der Waals surface area contributed by atoms with Crippen molar-refractivity contribution < 1.29 is 0 Å². The number of aromatic nitrogens is 2. The molecule has 78 valence electrons. The van der Waals surface area contributed by atoms with Crippen molar-refractivity contribution in [2.75, 3.05) is 5.73 Å². The molecule has 1 aromatic heterocycles. The van der Waals surface area contributed by atoms with Crippen molar-refractivity contribution in [1.82, 2.24) is 9.78 Å². The van der Waals surface area contributed by atoms with Crippen LogP contribution in [-0.4, -0.2) is 9.78 Å². The van der Waals surface area contributed by atoms with Crippen LogP contribution in [0.15, 0.2) is 30.5 Å². The van der Waals surface area contributed by atoms with Crippen LogP contribution < -0.4 is 5.73 Å². The molecule has 0 unspecified atom stereocenters. The topological polar surface area (TPSA) is 43.8 Å². The number of nitrogen functional groups attached to an aromatic ring is 1. The van der Waals surface area contributed by atoms with Crippen LogP contribution in [-0.2, 0) is 6.54 Å². The Hall–Kier alpha value is -1.77. The molecule has 0 fully saturated rings. The third kappa shape index (κ3) is 1.73. The quantitative estimate of drug-likeness (QED) is 0.758. The van der Waals surface area contributed by atoms with Gasteiger partial charge in [-0.3, -0.25) is 4.68 Å². The lowest BCUT2D eigenvalue weighted by atomic mass is 10.1. The zero-order chi connectivity index (χ0) is 10.8. The lowest BCUT2D eigenvalue weighted by molar-refractivity contribution is 0.653. The minimum absolute atomic E-state index is 0.802. The number of nitrogens with two attached hydrogens (primary N) is 1. The van der Waals surface area contributed by atoms with Gasteiger partial charge in [0.2, 0.25) is 0 Å². The summed E-state index contributed by atoms with van der Waals surface area (Å²) in [6.45, 7) is 4.96. The Morgan fingerprint density at radius 1 is 1.27 bits per heavy atom. The van der Waals surface area contributed by atoms with Crippen molar-refractivity contribution in [1.29, 1.82) is 0 Å². The first kappa shape index (κ1) is 9.77. The van der Waals surface area contributed by atoms with Crippen molar-refractivity contribution in [3.63, 3.8) is 0 Å². The van der Waals surface area contributed by atoms with E-state index in [1.54, 1.807) is 0 Å². The molecule has 3 heteroatoms. The number of hydrogen-bond acceptors (Lipinski definition) is 2. The van der Waals surface area contributed by atoms with E-state index in [1.807, 2.05) is 42.1 Å². The van der Waals surface area contributed by atoms with Crippen molar-refractivity contribution in [2.45, 2.75) is 20.4 Å². The summed E-state index contributed by atoms with van der Waals surface area (Å²) >= 11 is 0. The van der Waals surface area contributed by atoms with Crippen LogP contribution in [0, 0.1) is 6.92 Å². The number of aryl methyl sites for hydroxylation is 2. The molecule has 0 spiro atoms. The highest BCUT2D eigenvalue weighted by atomic mass is 15.3. The fraction of sp³-hybridized carbons (Fsp3) is 0.250. The Labute approximate surface area is 89.5 Å². The molecule has 1 heterocycles. The molecule has 2 aromatic rings. The van der Waals surface area contributed by atoms with E-state index in [0.29, 0.717) is 0 Å². The molecule has 2 N–H and O–H groups in total. The monoisotopic (exact) mass is 201 g/mol. The number of benzene rings is 1. The van der Waals surface area contributed by atoms with Crippen LogP contribution in [0.2, 0.25) is 0 Å². The molecule has 0 saturated heterocycles. The number of rotatable bonds is 2. The second kappa shape index (κ2) is 3.77. The average Bonchev–Trinajstić information content (AvgIpc) is 2.60. The number of hydrogen-bond donors (Lipinski definition) is 1. The molecule has 0 saturated carbocycles. The average molecular weight is 201 g/mol. The smallest absolute Gasteiger partial charge is 0.0672 e. The van der Waals surface area contributed by atoms with Gasteiger partial charge in [-0.15, -0.1) is 0 Å². The van der Waals surface area contributed by atoms with Crippen LogP contribution >= 0.6 is 0 Å². The first-order valence-electron chi connectivity index (χ1n) is 5.11. The summed E-state index contributed by atoms with van der Waals surface area (Å²) in [6.07, 6.45) is 2.04. The molecule has 3 nitrogen and oxygen atoms in total. The zero-order valence-electron chi connectivity index (χ0n) is 9.07. The highest BCUT2D eigenvalue weighted by Crippen LogP contribution is 2.27. The van der Waals surface area contributed by atoms with Gasteiger partial charge in [0.05, 0.1) is 5.69 Å². The minimum atomic E-state index is 0.802. The number of nitrogens with zero attached hydrogens (tertiary/aromatic N) is 2. The van der Waals surface area contributed by atoms with Crippen LogP contribution in [0.25, 0.3) is 11.1 Å². The lowest BCUT2D eigenvalue weighted by Crippen LogP contribution is -1.93. The van der Waals surface area contributed by atoms with Gasteiger partial charge in [0, 0.05) is 29.6 Å². The molecule has 0 radical (unpaired) electrons. The SMILES string of the molecule is CCn1cc(-c2ccccc2N)c(C)n1. The fourth-order valence-electron chi connectivity index (χ4n) is 1.69. The van der Waals surface area contributed by atoms with E-state index in [2.05, 4.69) is 12.0 Å². The second-order valence-electron chi connectivity index (χ2n) is 3.57. The van der Waals surface area contributed by atoms with Gasteiger partial charge in [0.25, 0.3) is 0 Å². The molecular formula is C12H15N3. The number of anilines is 1. The van der Waals surface area contributed by atoms with Gasteiger partial charge in [-0.25, -0.2) is 0 Å². The van der Waals surface area contributed by atoms with Crippen molar-refractivity contribution in [2.24, 2.45) is 0 Å². The Morgan fingerprint density at radius 3 is 2.60 bits per heavy atom. The molecular weight excluding hydrogens is 186 g/mol. The van der Waals surface area contributed by atoms with E-state index >= 15 is 0 Å². The van der Waals surface area contributed by atoms with Gasteiger partial charge in [-0.2, -0.15) is 5.10 Å². The minimum Gasteiger partial charge on any atom is -0.398 e. The molecule has 0 aliphatic carbocycles. The summed E-state index contributed by atoms with van der Waals surface area (Å²) in [5, 5.41) is 4.41. The predicted octanol–water partition coefficient (Wildman–Crippen LogP) is 2.46. The molecule has 1 aromatic carbocycles. The third-order valence-corrected chi connectivity index (χ3v) is 2.52. The highest BCUT2D eigenvalue weighted by Gasteiger charge is 2.08. The second-order valence-corrected chi connectivity index (χ2v) is 3.57. The van der Waals surface area contributed by atoms with Gasteiger partial charge in [0.15, 0.2) is 0 Å². The van der Waals surface area contributed by atoms with E-state index in [1.165, 1.54) is 0 Å². The van der Waals surface area contributed by atoms with Gasteiger partial charge < -0.3 is 5.73 Å². The summed E-state index contributed by atoms with van der Waals surface area (Å²) < 4.78 is 1.93. The first-order valence-corrected chi connectivity index (χ1v) is 5.11. The Bertz CT molecular complexity index is 471. The van der Waals surface area contributed by atoms with E-state index < -0.39 is 0 Å². The van der Waals surface area contributed by atoms with E-state index in [0.717, 1.165) is 29.1 Å². The molecule has 0 bridgehead atoms. The van der Waals surface area contributed by atoms with E-state index in [4.69, 9.17) is 5.73 Å². The summed E-state index contributed by atoms with van der Waals surface area (Å²) in [4.78, 5) is 0. The normalized spacial score (nSPS) is 10.5. The Morgan fingerprint density at radius 2 is 2.00 bits per heavy atom. The fourth-order valence-corrected chi connectivity index (χ4v) is 1.69. The summed E-state index contributed by atoms with van der Waals surface area (Å²) in [7, 11) is 0. The van der Waals surface area contributed by atoms with E-state index in [9.17, 15) is 0 Å². The molecule has 0 aliphatic heterocycles. The maximum Gasteiger partial charge on any atom is 0.0672 e. The summed E-state index contributed by atoms with van der Waals surface area (Å²) in [5.41, 5.74) is 9.95. The highest BCUT2D eigenvalue weighted by molar-refractivity contribution is 5.77. The first-order chi connectivity index (χ1) is 7.22. The molecule has 0 amide bonds. The Kier molecular flexibility index (Phi) is 2.46. The van der Waals surface area contributed by atoms with Crippen molar-refractivity contribution >= 4 is 5.69 Å². The molecule has 15 heavy (non-hydrogen) atoms. The van der Waals surface area contributed by atoms with Gasteiger partial charge in [-0.05, 0) is 19.9 Å². The largest absolute Gasteiger partial charge is 0.398 e. The van der Waals surface area contributed by atoms with Crippen LogP contribution in [0.3, 0.4) is 0 Å². The molecule has 0 atom stereocenters. The van der Waals surface area contributed by atoms with Crippen LogP contribution in [0.4, 0.5) is 5.69 Å². The van der Waals surface area contributed by atoms with Gasteiger partial charge in [0.1, 0.15) is 0 Å². The van der Waals surface area contributed by atoms with Gasteiger partial charge in [-0.1, -0.05) is 18.2 Å². The summed E-state index contributed by atoms with van der Waals surface area (Å²) in [5.74, 6) is 0. The van der Waals surface area contributed by atoms with E-state index in [-0.39, 0.29) is 0 Å². The Balaban J connectivity index is 2.54.